The van der Waals surface area contributed by atoms with Gasteiger partial charge in [0.15, 0.2) is 5.16 Å². The molecule has 0 spiro atoms. The molecule has 1 aliphatic carbocycles. The van der Waals surface area contributed by atoms with Crippen LogP contribution in [0.3, 0.4) is 0 Å². The first-order chi connectivity index (χ1) is 10.2. The third-order valence-electron chi connectivity index (χ3n) is 4.34. The SMILES string of the molecule is CCOP(=O)(OCC)C1(C(F)(F)F)CC1(C)c1ccccc1. The number of rotatable bonds is 6. The van der Waals surface area contributed by atoms with E-state index in [0.29, 0.717) is 5.56 Å². The number of hydrogen-bond acceptors (Lipinski definition) is 3. The fraction of sp³-hybridized carbons (Fsp3) is 0.600. The molecule has 0 heterocycles. The van der Waals surface area contributed by atoms with Gasteiger partial charge in [-0.05, 0) is 25.8 Å². The minimum Gasteiger partial charge on any atom is -0.308 e. The second-order valence-electron chi connectivity index (χ2n) is 5.57. The van der Waals surface area contributed by atoms with Crippen LogP contribution in [0.15, 0.2) is 30.3 Å². The fourth-order valence-electron chi connectivity index (χ4n) is 3.18. The first-order valence-electron chi connectivity index (χ1n) is 7.20. The van der Waals surface area contributed by atoms with Gasteiger partial charge in [-0.1, -0.05) is 37.3 Å². The van der Waals surface area contributed by atoms with Gasteiger partial charge in [-0.15, -0.1) is 0 Å². The lowest BCUT2D eigenvalue weighted by atomic mass is 9.95. The van der Waals surface area contributed by atoms with E-state index >= 15 is 0 Å². The first kappa shape index (κ1) is 17.5. The van der Waals surface area contributed by atoms with E-state index in [9.17, 15) is 17.7 Å². The minimum absolute atomic E-state index is 0.0972. The quantitative estimate of drug-likeness (QED) is 0.692. The van der Waals surface area contributed by atoms with Crippen LogP contribution in [-0.4, -0.2) is 24.5 Å². The molecule has 0 N–H and O–H groups in total. The molecule has 1 aliphatic rings. The highest BCUT2D eigenvalue weighted by Gasteiger charge is 2.87. The smallest absolute Gasteiger partial charge is 0.308 e. The molecule has 1 fully saturated rings. The molecular weight excluding hydrogens is 316 g/mol. The molecule has 2 rings (SSSR count). The van der Waals surface area contributed by atoms with E-state index in [1.807, 2.05) is 0 Å². The first-order valence-corrected chi connectivity index (χ1v) is 8.74. The summed E-state index contributed by atoms with van der Waals surface area (Å²) < 4.78 is 64.7. The van der Waals surface area contributed by atoms with E-state index in [2.05, 4.69) is 0 Å². The van der Waals surface area contributed by atoms with Gasteiger partial charge in [0.05, 0.1) is 13.2 Å². The normalized spacial score (nSPS) is 28.6. The average molecular weight is 336 g/mol. The monoisotopic (exact) mass is 336 g/mol. The molecule has 7 heteroatoms. The van der Waals surface area contributed by atoms with Gasteiger partial charge in [-0.3, -0.25) is 4.57 Å². The maximum Gasteiger partial charge on any atom is 0.406 e. The summed E-state index contributed by atoms with van der Waals surface area (Å²) in [6.07, 6.45) is -4.98. The van der Waals surface area contributed by atoms with Crippen molar-refractivity contribution < 1.29 is 26.8 Å². The molecule has 1 saturated carbocycles. The minimum atomic E-state index is -4.68. The Bertz CT molecular complexity index is 565. The standard InChI is InChI=1S/C15H20F3O3P/c1-4-20-22(19,21-5-2)14(15(16,17)18)11-13(14,3)12-9-7-6-8-10-12/h6-10H,4-5,11H2,1-3H3. The molecule has 124 valence electrons. The zero-order valence-electron chi connectivity index (χ0n) is 12.8. The van der Waals surface area contributed by atoms with Crippen molar-refractivity contribution in [3.63, 3.8) is 0 Å². The van der Waals surface area contributed by atoms with Gasteiger partial charge >= 0.3 is 13.8 Å². The van der Waals surface area contributed by atoms with Crippen LogP contribution >= 0.6 is 7.60 Å². The summed E-state index contributed by atoms with van der Waals surface area (Å²) in [5.41, 5.74) is -0.821. The molecule has 0 radical (unpaired) electrons. The Morgan fingerprint density at radius 2 is 1.64 bits per heavy atom. The molecule has 1 aromatic carbocycles. The van der Waals surface area contributed by atoms with Crippen molar-refractivity contribution in [2.45, 2.75) is 43.9 Å². The van der Waals surface area contributed by atoms with Crippen LogP contribution in [0.4, 0.5) is 13.2 Å². The fourth-order valence-corrected chi connectivity index (χ4v) is 5.93. The van der Waals surface area contributed by atoms with E-state index in [-0.39, 0.29) is 19.6 Å². The lowest BCUT2D eigenvalue weighted by Crippen LogP contribution is -2.39. The highest BCUT2D eigenvalue weighted by Crippen LogP contribution is 2.84. The Kier molecular flexibility index (Phi) is 4.51. The number of alkyl halides is 3. The van der Waals surface area contributed by atoms with E-state index < -0.39 is 24.3 Å². The Balaban J connectivity index is 2.56. The van der Waals surface area contributed by atoms with Crippen molar-refractivity contribution in [1.82, 2.24) is 0 Å². The summed E-state index contributed by atoms with van der Waals surface area (Å²) >= 11 is 0. The summed E-state index contributed by atoms with van der Waals surface area (Å²) in [6, 6.07) is 8.32. The summed E-state index contributed by atoms with van der Waals surface area (Å²) in [4.78, 5) is 0. The van der Waals surface area contributed by atoms with E-state index in [1.165, 1.54) is 20.8 Å². The second kappa shape index (κ2) is 5.66. The highest BCUT2D eigenvalue weighted by molar-refractivity contribution is 7.56. The second-order valence-corrected chi connectivity index (χ2v) is 7.84. The summed E-state index contributed by atoms with van der Waals surface area (Å²) in [6.45, 7) is 4.30. The third kappa shape index (κ3) is 2.32. The maximum atomic E-state index is 13.9. The van der Waals surface area contributed by atoms with Gasteiger partial charge < -0.3 is 9.05 Å². The van der Waals surface area contributed by atoms with Crippen LogP contribution in [0.5, 0.6) is 0 Å². The Morgan fingerprint density at radius 1 is 1.14 bits per heavy atom. The van der Waals surface area contributed by atoms with Crippen LogP contribution in [0.25, 0.3) is 0 Å². The van der Waals surface area contributed by atoms with Gasteiger partial charge in [-0.25, -0.2) is 0 Å². The lowest BCUT2D eigenvalue weighted by molar-refractivity contribution is -0.147. The predicted molar refractivity (Wildman–Crippen MR) is 78.1 cm³/mol. The van der Waals surface area contributed by atoms with Crippen LogP contribution in [-0.2, 0) is 19.0 Å². The number of benzene rings is 1. The average Bonchev–Trinajstić information content (AvgIpc) is 3.11. The zero-order chi connectivity index (χ0) is 16.6. The van der Waals surface area contributed by atoms with Gasteiger partial charge in [-0.2, -0.15) is 13.2 Å². The Labute approximate surface area is 128 Å². The van der Waals surface area contributed by atoms with Crippen molar-refractivity contribution in [1.29, 1.82) is 0 Å². The van der Waals surface area contributed by atoms with E-state index in [1.54, 1.807) is 30.3 Å². The third-order valence-corrected chi connectivity index (χ3v) is 7.38. The summed E-state index contributed by atoms with van der Waals surface area (Å²) in [7, 11) is -4.34. The topological polar surface area (TPSA) is 35.5 Å². The number of hydrogen-bond donors (Lipinski definition) is 0. The Morgan fingerprint density at radius 3 is 2.05 bits per heavy atom. The Hall–Kier alpha value is -0.840. The predicted octanol–water partition coefficient (Wildman–Crippen LogP) is 4.92. The molecule has 0 aromatic heterocycles. The molecular formula is C15H20F3O3P. The van der Waals surface area contributed by atoms with Crippen LogP contribution in [0, 0.1) is 0 Å². The number of halogens is 3. The molecule has 2 unspecified atom stereocenters. The van der Waals surface area contributed by atoms with Gasteiger partial charge in [0.1, 0.15) is 0 Å². The van der Waals surface area contributed by atoms with Crippen LogP contribution < -0.4 is 0 Å². The molecule has 2 atom stereocenters. The summed E-state index contributed by atoms with van der Waals surface area (Å²) in [5.74, 6) is 0. The summed E-state index contributed by atoms with van der Waals surface area (Å²) in [5, 5.41) is -2.49. The van der Waals surface area contributed by atoms with Crippen LogP contribution in [0.1, 0.15) is 32.8 Å². The van der Waals surface area contributed by atoms with Gasteiger partial charge in [0, 0.05) is 5.41 Å². The van der Waals surface area contributed by atoms with Crippen molar-refractivity contribution in [2.24, 2.45) is 0 Å². The van der Waals surface area contributed by atoms with E-state index in [0.717, 1.165) is 0 Å². The molecule has 3 nitrogen and oxygen atoms in total. The van der Waals surface area contributed by atoms with E-state index in [4.69, 9.17) is 9.05 Å². The van der Waals surface area contributed by atoms with Gasteiger partial charge in [0.25, 0.3) is 0 Å². The molecule has 0 saturated heterocycles. The molecule has 0 bridgehead atoms. The maximum absolute atomic E-state index is 13.9. The molecule has 0 aliphatic heterocycles. The van der Waals surface area contributed by atoms with Crippen molar-refractivity contribution in [3.8, 4) is 0 Å². The van der Waals surface area contributed by atoms with Crippen LogP contribution in [0.2, 0.25) is 0 Å². The molecule has 0 amide bonds. The van der Waals surface area contributed by atoms with Crippen molar-refractivity contribution >= 4 is 7.60 Å². The largest absolute Gasteiger partial charge is 0.406 e. The van der Waals surface area contributed by atoms with Crippen molar-refractivity contribution in [2.75, 3.05) is 13.2 Å². The van der Waals surface area contributed by atoms with Gasteiger partial charge in [0.2, 0.25) is 0 Å². The highest BCUT2D eigenvalue weighted by atomic mass is 31.2. The molecule has 22 heavy (non-hydrogen) atoms. The zero-order valence-corrected chi connectivity index (χ0v) is 13.7. The lowest BCUT2D eigenvalue weighted by Gasteiger charge is -2.32. The van der Waals surface area contributed by atoms with Crippen molar-refractivity contribution in [3.05, 3.63) is 35.9 Å². The molecule has 1 aromatic rings.